The Morgan fingerprint density at radius 2 is 1.85 bits per heavy atom. The molecule has 0 heterocycles. The third-order valence-corrected chi connectivity index (χ3v) is 4.62. The number of halogens is 1. The van der Waals surface area contributed by atoms with Crippen molar-refractivity contribution in [1.29, 1.82) is 0 Å². The molecule has 4 heteroatoms. The van der Waals surface area contributed by atoms with E-state index in [-0.39, 0.29) is 11.9 Å². The molecule has 0 radical (unpaired) electrons. The van der Waals surface area contributed by atoms with E-state index in [4.69, 9.17) is 16.0 Å². The number of hydrogen-bond donors (Lipinski definition) is 0. The fourth-order valence-electron chi connectivity index (χ4n) is 2.37. The molecule has 108 valence electrons. The van der Waals surface area contributed by atoms with E-state index in [2.05, 4.69) is 19.6 Å². The lowest BCUT2D eigenvalue weighted by atomic mass is 9.89. The Balaban J connectivity index is 2.31. The van der Waals surface area contributed by atoms with E-state index in [1.165, 1.54) is 0 Å². The lowest BCUT2D eigenvalue weighted by Gasteiger charge is -2.32. The Labute approximate surface area is 126 Å². The summed E-state index contributed by atoms with van der Waals surface area (Å²) in [6, 6.07) is 9.87. The van der Waals surface area contributed by atoms with Gasteiger partial charge >= 0.3 is 0 Å². The maximum absolute atomic E-state index is 12.4. The van der Waals surface area contributed by atoms with Gasteiger partial charge in [0.25, 0.3) is 0 Å². The highest BCUT2D eigenvalue weighted by Gasteiger charge is 2.35. The maximum atomic E-state index is 12.4. The summed E-state index contributed by atoms with van der Waals surface area (Å²) in [6.45, 7) is 6.43. The van der Waals surface area contributed by atoms with Crippen molar-refractivity contribution in [3.63, 3.8) is 0 Å². The lowest BCUT2D eigenvalue weighted by Crippen LogP contribution is -2.40. The van der Waals surface area contributed by atoms with Crippen LogP contribution in [0.1, 0.15) is 18.4 Å². The van der Waals surface area contributed by atoms with Crippen molar-refractivity contribution in [2.24, 2.45) is 0 Å². The quantitative estimate of drug-likeness (QED) is 0.474. The van der Waals surface area contributed by atoms with Gasteiger partial charge in [0.2, 0.25) is 0 Å². The highest BCUT2D eigenvalue weighted by molar-refractivity contribution is 6.69. The molecule has 0 aromatic heterocycles. The minimum Gasteiger partial charge on any atom is -0.411 e. The van der Waals surface area contributed by atoms with Crippen molar-refractivity contribution in [1.82, 2.24) is 0 Å². The van der Waals surface area contributed by atoms with Crippen molar-refractivity contribution < 1.29 is 9.22 Å². The van der Waals surface area contributed by atoms with Gasteiger partial charge in [0.1, 0.15) is 0 Å². The minimum atomic E-state index is -1.69. The van der Waals surface area contributed by atoms with Crippen LogP contribution in [0.15, 0.2) is 35.9 Å². The average molecular weight is 309 g/mol. The number of benzene rings is 1. The molecule has 2 rings (SSSR count). The predicted molar refractivity (Wildman–Crippen MR) is 86.5 cm³/mol. The number of ketones is 1. The number of rotatable bonds is 3. The van der Waals surface area contributed by atoms with Gasteiger partial charge in [0, 0.05) is 5.57 Å². The molecular weight excluding hydrogens is 288 g/mol. The van der Waals surface area contributed by atoms with Gasteiger partial charge in [-0.3, -0.25) is 4.79 Å². The Morgan fingerprint density at radius 3 is 2.45 bits per heavy atom. The molecule has 1 saturated carbocycles. The SMILES string of the molecule is C[Si](C)(C)OC1CCC(Cl)C(=O)C1=Cc1ccccc1. The van der Waals surface area contributed by atoms with E-state index >= 15 is 0 Å². The van der Waals surface area contributed by atoms with Crippen molar-refractivity contribution in [3.05, 3.63) is 41.5 Å². The first-order valence-corrected chi connectivity index (χ1v) is 10.8. The van der Waals surface area contributed by atoms with E-state index < -0.39 is 13.7 Å². The normalized spacial score (nSPS) is 26.0. The molecule has 2 nitrogen and oxygen atoms in total. The summed E-state index contributed by atoms with van der Waals surface area (Å²) in [5.74, 6) is 0.0185. The maximum Gasteiger partial charge on any atom is 0.184 e. The Bertz CT molecular complexity index is 505. The second kappa shape index (κ2) is 6.25. The highest BCUT2D eigenvalue weighted by Crippen LogP contribution is 2.30. The average Bonchev–Trinajstić information content (AvgIpc) is 2.38. The number of carbonyl (C=O) groups excluding carboxylic acids is 1. The fourth-order valence-corrected chi connectivity index (χ4v) is 3.72. The summed E-state index contributed by atoms with van der Waals surface area (Å²) < 4.78 is 6.17. The molecule has 1 aromatic carbocycles. The first-order chi connectivity index (χ1) is 9.37. The molecule has 0 spiro atoms. The van der Waals surface area contributed by atoms with Crippen molar-refractivity contribution in [2.45, 2.75) is 44.0 Å². The van der Waals surface area contributed by atoms with Crippen molar-refractivity contribution in [2.75, 3.05) is 0 Å². The minimum absolute atomic E-state index is 0.0185. The molecule has 1 fully saturated rings. The Kier molecular flexibility index (Phi) is 4.84. The van der Waals surface area contributed by atoms with Crippen LogP contribution in [0, 0.1) is 0 Å². The van der Waals surface area contributed by atoms with Gasteiger partial charge in [-0.25, -0.2) is 0 Å². The fraction of sp³-hybridized carbons (Fsp3) is 0.438. The first-order valence-electron chi connectivity index (χ1n) is 6.99. The summed E-state index contributed by atoms with van der Waals surface area (Å²) in [4.78, 5) is 12.4. The molecule has 1 aromatic rings. The largest absolute Gasteiger partial charge is 0.411 e. The monoisotopic (exact) mass is 308 g/mol. The van der Waals surface area contributed by atoms with Crippen LogP contribution in [-0.2, 0) is 9.22 Å². The standard InChI is InChI=1S/C16H21ClO2Si/c1-20(2,3)19-15-10-9-14(17)16(18)13(15)11-12-7-5-4-6-8-12/h4-8,11,14-15H,9-10H2,1-3H3. The predicted octanol–water partition coefficient (Wildman–Crippen LogP) is 4.26. The van der Waals surface area contributed by atoms with Crippen LogP contribution in [0.2, 0.25) is 19.6 Å². The summed E-state index contributed by atoms with van der Waals surface area (Å²) in [5.41, 5.74) is 1.75. The molecular formula is C16H21ClO2Si. The number of Topliss-reactive ketones (excluding diaryl/α,β-unsaturated/α-hetero) is 1. The second-order valence-corrected chi connectivity index (χ2v) is 11.1. The number of carbonyl (C=O) groups is 1. The zero-order chi connectivity index (χ0) is 14.8. The summed E-state index contributed by atoms with van der Waals surface area (Å²) in [5, 5.41) is -0.411. The van der Waals surface area contributed by atoms with E-state index in [1.54, 1.807) is 0 Å². The van der Waals surface area contributed by atoms with E-state index in [0.29, 0.717) is 6.42 Å². The molecule has 2 unspecified atom stereocenters. The van der Waals surface area contributed by atoms with Gasteiger partial charge in [-0.05, 0) is 44.1 Å². The smallest absolute Gasteiger partial charge is 0.184 e. The van der Waals surface area contributed by atoms with Gasteiger partial charge in [0.15, 0.2) is 14.1 Å². The molecule has 2 atom stereocenters. The van der Waals surface area contributed by atoms with Gasteiger partial charge in [0.05, 0.1) is 11.5 Å². The molecule has 0 N–H and O–H groups in total. The molecule has 1 aliphatic rings. The summed E-state index contributed by atoms with van der Waals surface area (Å²) in [7, 11) is -1.69. The van der Waals surface area contributed by atoms with Gasteiger partial charge in [-0.15, -0.1) is 11.6 Å². The molecule has 0 amide bonds. The van der Waals surface area contributed by atoms with Gasteiger partial charge in [-0.1, -0.05) is 30.3 Å². The van der Waals surface area contributed by atoms with E-state index in [1.807, 2.05) is 36.4 Å². The Hall–Kier alpha value is -0.903. The Morgan fingerprint density at radius 1 is 1.20 bits per heavy atom. The van der Waals surface area contributed by atoms with Crippen molar-refractivity contribution >= 4 is 31.8 Å². The van der Waals surface area contributed by atoms with Crippen LogP contribution < -0.4 is 0 Å². The van der Waals surface area contributed by atoms with Gasteiger partial charge < -0.3 is 4.43 Å². The van der Waals surface area contributed by atoms with Crippen LogP contribution in [0.4, 0.5) is 0 Å². The van der Waals surface area contributed by atoms with Crippen LogP contribution in [0.25, 0.3) is 6.08 Å². The number of hydrogen-bond acceptors (Lipinski definition) is 2. The van der Waals surface area contributed by atoms with Crippen LogP contribution in [0.5, 0.6) is 0 Å². The molecule has 1 aliphatic carbocycles. The van der Waals surface area contributed by atoms with Gasteiger partial charge in [-0.2, -0.15) is 0 Å². The third-order valence-electron chi connectivity index (χ3n) is 3.22. The number of alkyl halides is 1. The second-order valence-electron chi connectivity index (χ2n) is 6.14. The lowest BCUT2D eigenvalue weighted by molar-refractivity contribution is -0.117. The van der Waals surface area contributed by atoms with E-state index in [9.17, 15) is 4.79 Å². The first kappa shape index (κ1) is 15.5. The molecule has 0 bridgehead atoms. The zero-order valence-electron chi connectivity index (χ0n) is 12.2. The third kappa shape index (κ3) is 4.04. The summed E-state index contributed by atoms with van der Waals surface area (Å²) in [6.07, 6.45) is 3.34. The zero-order valence-corrected chi connectivity index (χ0v) is 14.0. The van der Waals surface area contributed by atoms with Crippen LogP contribution in [0.3, 0.4) is 0 Å². The summed E-state index contributed by atoms with van der Waals surface area (Å²) >= 11 is 6.13. The van der Waals surface area contributed by atoms with E-state index in [0.717, 1.165) is 17.6 Å². The molecule has 20 heavy (non-hydrogen) atoms. The van der Waals surface area contributed by atoms with Crippen LogP contribution in [-0.4, -0.2) is 25.6 Å². The highest BCUT2D eigenvalue weighted by atomic mass is 35.5. The van der Waals surface area contributed by atoms with Crippen LogP contribution >= 0.6 is 11.6 Å². The molecule has 0 aliphatic heterocycles. The molecule has 0 saturated heterocycles. The van der Waals surface area contributed by atoms with Crippen molar-refractivity contribution in [3.8, 4) is 0 Å². The topological polar surface area (TPSA) is 26.3 Å².